The fourth-order valence-electron chi connectivity index (χ4n) is 0. The summed E-state index contributed by atoms with van der Waals surface area (Å²) in [5, 5.41) is 0. The molecule has 18 heavy (non-hydrogen) atoms. The van der Waals surface area contributed by atoms with Crippen molar-refractivity contribution in [2.24, 2.45) is 0 Å². The summed E-state index contributed by atoms with van der Waals surface area (Å²) in [6.07, 6.45) is 0. The minimum absolute atomic E-state index is 0. The first kappa shape index (κ1) is 1520. The van der Waals surface area contributed by atoms with Crippen LogP contribution in [-0.4, -0.2) is 112 Å². The maximum Gasteiger partial charge on any atom is 2.00 e. The molecule has 0 aromatic heterocycles. The summed E-state index contributed by atoms with van der Waals surface area (Å²) < 4.78 is 0. The molecule has 0 aliphatic carbocycles. The average Bonchev–Trinajstić information content (AvgIpc) is 0. The van der Waals surface area contributed by atoms with Crippen LogP contribution in [0, 0.1) is 0 Å². The zero-order chi connectivity index (χ0) is 0. The minimum atomic E-state index is 0. The van der Waals surface area contributed by atoms with Crippen molar-refractivity contribution in [3.63, 3.8) is 0 Å². The van der Waals surface area contributed by atoms with Crippen LogP contribution < -0.4 is 49.6 Å². The van der Waals surface area contributed by atoms with Crippen LogP contribution in [0.25, 0.3) is 0 Å². The van der Waals surface area contributed by atoms with Crippen LogP contribution in [0.5, 0.6) is 0 Å². The fourth-order valence-corrected chi connectivity index (χ4v) is 0. The zero-order valence-electron chi connectivity index (χ0n) is 8.93. The third-order valence-electron chi connectivity index (χ3n) is 0. The number of hydrogen-bond donors (Lipinski definition) is 0. The maximum atomic E-state index is 0. The van der Waals surface area contributed by atoms with Crippen LogP contribution in [0.15, 0.2) is 0 Å². The van der Waals surface area contributed by atoms with Gasteiger partial charge in [0.1, 0.15) is 0 Å². The molecule has 0 bridgehead atoms. The largest absolute Gasteiger partial charge is 2.00 e. The zero-order valence-corrected chi connectivity index (χ0v) is 14.8. The molecule has 0 rings (SSSR count). The Balaban J connectivity index is 0. The van der Waals surface area contributed by atoms with Gasteiger partial charge in [-0.05, 0) is 0 Å². The fraction of sp³-hybridized carbons (Fsp3) is 0. The molecular formula is H24Cl4Mg2O12. The first-order valence-corrected chi connectivity index (χ1v) is 0. The summed E-state index contributed by atoms with van der Waals surface area (Å²) in [6.45, 7) is 0. The maximum absolute atomic E-state index is 0. The number of rotatable bonds is 0. The van der Waals surface area contributed by atoms with Crippen LogP contribution in [0.3, 0.4) is 0 Å². The van der Waals surface area contributed by atoms with Crippen LogP contribution in [0.2, 0.25) is 0 Å². The van der Waals surface area contributed by atoms with Crippen molar-refractivity contribution in [3.8, 4) is 0 Å². The van der Waals surface area contributed by atoms with E-state index in [0.29, 0.717) is 0 Å². The standard InChI is InChI=1S/4ClH.2Mg.12H2O/h4*1H;;;12*1H2/q;;;;2*+2;;;;;;;;;;;;/p-4. The van der Waals surface area contributed by atoms with Crippen LogP contribution in [-0.2, 0) is 0 Å². The Hall–Kier alpha value is 2.21. The molecule has 128 valence electrons. The normalized spacial score (nSPS) is 0. The van der Waals surface area contributed by atoms with Gasteiger partial charge in [-0.2, -0.15) is 0 Å². The quantitative estimate of drug-likeness (QED) is 0.338. The first-order valence-electron chi connectivity index (χ1n) is 0. The molecule has 0 aromatic carbocycles. The van der Waals surface area contributed by atoms with Gasteiger partial charge in [0.05, 0.1) is 0 Å². The van der Waals surface area contributed by atoms with Gasteiger partial charge in [0.25, 0.3) is 0 Å². The van der Waals surface area contributed by atoms with E-state index in [1.165, 1.54) is 0 Å². The topological polar surface area (TPSA) is 378 Å². The van der Waals surface area contributed by atoms with Gasteiger partial charge in [-0.25, -0.2) is 0 Å². The Bertz CT molecular complexity index is 22.0. The van der Waals surface area contributed by atoms with E-state index in [-0.39, 0.29) is 161 Å². The molecule has 0 aromatic rings. The molecule has 0 amide bonds. The molecule has 0 saturated heterocycles. The molecule has 0 radical (unpaired) electrons. The van der Waals surface area contributed by atoms with Gasteiger partial charge < -0.3 is 115 Å². The van der Waals surface area contributed by atoms with Gasteiger partial charge in [-0.3, -0.25) is 0 Å². The smallest absolute Gasteiger partial charge is 1.00 e. The second kappa shape index (κ2) is 1300. The Labute approximate surface area is 160 Å². The first-order chi connectivity index (χ1) is 0. The minimum Gasteiger partial charge on any atom is -1.00 e. The van der Waals surface area contributed by atoms with Gasteiger partial charge in [-0.1, -0.05) is 0 Å². The number of halogens is 4. The van der Waals surface area contributed by atoms with Crippen molar-refractivity contribution in [1.29, 1.82) is 0 Å². The van der Waals surface area contributed by atoms with E-state index in [2.05, 4.69) is 0 Å². The van der Waals surface area contributed by atoms with Crippen molar-refractivity contribution in [3.05, 3.63) is 0 Å². The molecule has 0 spiro atoms. The molecule has 0 aliphatic heterocycles. The molecule has 12 nitrogen and oxygen atoms in total. The van der Waals surface area contributed by atoms with Gasteiger partial charge >= 0.3 is 46.1 Å². The molecule has 18 heteroatoms. The Morgan fingerprint density at radius 1 is 0.167 bits per heavy atom. The summed E-state index contributed by atoms with van der Waals surface area (Å²) in [7, 11) is 0. The second-order valence-corrected chi connectivity index (χ2v) is 0. The molecule has 0 saturated carbocycles. The monoisotopic (exact) mass is 404 g/mol. The van der Waals surface area contributed by atoms with Crippen LogP contribution in [0.1, 0.15) is 0 Å². The van der Waals surface area contributed by atoms with Crippen molar-refractivity contribution < 1.29 is 115 Å². The summed E-state index contributed by atoms with van der Waals surface area (Å²) in [5.74, 6) is 0. The predicted octanol–water partition coefficient (Wildman–Crippen LogP) is -22.6. The molecule has 0 fully saturated rings. The second-order valence-electron chi connectivity index (χ2n) is 0. The van der Waals surface area contributed by atoms with Crippen molar-refractivity contribution >= 4 is 46.1 Å². The van der Waals surface area contributed by atoms with Crippen molar-refractivity contribution in [1.82, 2.24) is 0 Å². The average molecular weight is 407 g/mol. The van der Waals surface area contributed by atoms with E-state index in [1.54, 1.807) is 0 Å². The summed E-state index contributed by atoms with van der Waals surface area (Å²) >= 11 is 0. The van der Waals surface area contributed by atoms with E-state index in [4.69, 9.17) is 0 Å². The Kier molecular flexibility index (Phi) is 110000. The molecular weight excluding hydrogens is 382 g/mol. The summed E-state index contributed by atoms with van der Waals surface area (Å²) in [6, 6.07) is 0. The van der Waals surface area contributed by atoms with E-state index >= 15 is 0 Å². The van der Waals surface area contributed by atoms with Crippen molar-refractivity contribution in [2.45, 2.75) is 0 Å². The van der Waals surface area contributed by atoms with E-state index < -0.39 is 0 Å². The van der Waals surface area contributed by atoms with Gasteiger partial charge in [0, 0.05) is 0 Å². The number of hydrogen-bond acceptors (Lipinski definition) is 0. The molecule has 24 N–H and O–H groups in total. The van der Waals surface area contributed by atoms with E-state index in [1.807, 2.05) is 0 Å². The third-order valence-corrected chi connectivity index (χ3v) is 0. The third kappa shape index (κ3) is 1100. The van der Waals surface area contributed by atoms with Crippen LogP contribution in [0.4, 0.5) is 0 Å². The predicted molar refractivity (Wildman–Crippen MR) is 54.9 cm³/mol. The Morgan fingerprint density at radius 3 is 0.167 bits per heavy atom. The molecule has 0 aliphatic rings. The van der Waals surface area contributed by atoms with E-state index in [9.17, 15) is 0 Å². The molecule has 0 unspecified atom stereocenters. The SMILES string of the molecule is O.O.O.O.O.O.O.O.O.O.O.O.[Cl-].[Cl-].[Cl-].[Cl-].[Mg+2].[Mg+2]. The van der Waals surface area contributed by atoms with Gasteiger partial charge in [0.15, 0.2) is 0 Å². The van der Waals surface area contributed by atoms with Gasteiger partial charge in [-0.15, -0.1) is 0 Å². The van der Waals surface area contributed by atoms with Crippen LogP contribution >= 0.6 is 0 Å². The molecule has 0 atom stereocenters. The molecule has 0 heterocycles. The van der Waals surface area contributed by atoms with Crippen molar-refractivity contribution in [2.75, 3.05) is 0 Å². The Morgan fingerprint density at radius 2 is 0.167 bits per heavy atom. The summed E-state index contributed by atoms with van der Waals surface area (Å²) in [5.41, 5.74) is 0. The summed E-state index contributed by atoms with van der Waals surface area (Å²) in [4.78, 5) is 0. The van der Waals surface area contributed by atoms with E-state index in [0.717, 1.165) is 0 Å². The van der Waals surface area contributed by atoms with Gasteiger partial charge in [0.2, 0.25) is 0 Å².